The van der Waals surface area contributed by atoms with Gasteiger partial charge in [-0.3, -0.25) is 4.98 Å². The van der Waals surface area contributed by atoms with Crippen LogP contribution >= 0.6 is 11.5 Å². The molecule has 0 saturated carbocycles. The first-order valence-electron chi connectivity index (χ1n) is 5.22. The van der Waals surface area contributed by atoms with E-state index in [1.54, 1.807) is 13.3 Å². The molecular formula is C13H10N2OS. The number of hydrogen-bond acceptors (Lipinski definition) is 4. The van der Waals surface area contributed by atoms with E-state index >= 15 is 0 Å². The third kappa shape index (κ3) is 1.66. The second-order valence-electron chi connectivity index (χ2n) is 3.63. The third-order valence-electron chi connectivity index (χ3n) is 2.66. The van der Waals surface area contributed by atoms with E-state index in [-0.39, 0.29) is 0 Å². The lowest BCUT2D eigenvalue weighted by Crippen LogP contribution is -1.88. The van der Waals surface area contributed by atoms with Crippen molar-refractivity contribution in [3.63, 3.8) is 0 Å². The van der Waals surface area contributed by atoms with Crippen molar-refractivity contribution in [3.8, 4) is 16.9 Å². The minimum Gasteiger partial charge on any atom is -0.496 e. The van der Waals surface area contributed by atoms with Crippen LogP contribution in [-0.2, 0) is 0 Å². The Balaban J connectivity index is 2.36. The normalized spacial score (nSPS) is 10.6. The molecule has 0 amide bonds. The lowest BCUT2D eigenvalue weighted by atomic mass is 10.1. The number of methoxy groups -OCH3 is 1. The monoisotopic (exact) mass is 242 g/mol. The summed E-state index contributed by atoms with van der Waals surface area (Å²) in [6.45, 7) is 0. The summed E-state index contributed by atoms with van der Waals surface area (Å²) in [5.74, 6) is 0.856. The Labute approximate surface area is 103 Å². The highest BCUT2D eigenvalue weighted by Gasteiger charge is 2.12. The van der Waals surface area contributed by atoms with Crippen LogP contribution in [0.2, 0.25) is 0 Å². The van der Waals surface area contributed by atoms with Crippen LogP contribution in [0.1, 0.15) is 0 Å². The Morgan fingerprint density at radius 1 is 1.18 bits per heavy atom. The Bertz CT molecular complexity index is 649. The second-order valence-corrected chi connectivity index (χ2v) is 4.43. The second kappa shape index (κ2) is 4.14. The fourth-order valence-electron chi connectivity index (χ4n) is 1.87. The first-order valence-corrected chi connectivity index (χ1v) is 5.99. The summed E-state index contributed by atoms with van der Waals surface area (Å²) < 4.78 is 10.8. The quantitative estimate of drug-likeness (QED) is 0.691. The molecule has 0 aliphatic carbocycles. The van der Waals surface area contributed by atoms with Gasteiger partial charge in [-0.2, -0.15) is 4.37 Å². The smallest absolute Gasteiger partial charge is 0.128 e. The van der Waals surface area contributed by atoms with Crippen LogP contribution in [0.4, 0.5) is 0 Å². The molecule has 0 spiro atoms. The predicted molar refractivity (Wildman–Crippen MR) is 69.4 cm³/mol. The minimum atomic E-state index is 0.856. The molecule has 0 bridgehead atoms. The van der Waals surface area contributed by atoms with E-state index in [0.29, 0.717) is 0 Å². The number of benzene rings is 1. The zero-order valence-corrected chi connectivity index (χ0v) is 10.1. The molecule has 3 rings (SSSR count). The maximum Gasteiger partial charge on any atom is 0.128 e. The highest BCUT2D eigenvalue weighted by molar-refractivity contribution is 7.14. The largest absolute Gasteiger partial charge is 0.496 e. The van der Waals surface area contributed by atoms with Gasteiger partial charge < -0.3 is 4.74 Å². The number of aromatic nitrogens is 2. The molecule has 2 heterocycles. The molecule has 0 N–H and O–H groups in total. The molecule has 17 heavy (non-hydrogen) atoms. The molecule has 3 nitrogen and oxygen atoms in total. The fourth-order valence-corrected chi connectivity index (χ4v) is 2.68. The van der Waals surface area contributed by atoms with Gasteiger partial charge in [-0.25, -0.2) is 0 Å². The molecule has 0 atom stereocenters. The average Bonchev–Trinajstić information content (AvgIpc) is 2.86. The maximum atomic E-state index is 5.43. The summed E-state index contributed by atoms with van der Waals surface area (Å²) in [6.07, 6.45) is 5.49. The lowest BCUT2D eigenvalue weighted by Gasteiger charge is -2.08. The highest BCUT2D eigenvalue weighted by Crippen LogP contribution is 2.38. The Hall–Kier alpha value is -1.94. The number of nitrogens with zero attached hydrogens (tertiary/aromatic N) is 2. The molecule has 0 aliphatic heterocycles. The third-order valence-corrected chi connectivity index (χ3v) is 3.49. The van der Waals surface area contributed by atoms with E-state index in [1.807, 2.05) is 36.7 Å². The number of hydrogen-bond donors (Lipinski definition) is 0. The molecule has 0 unspecified atom stereocenters. The topological polar surface area (TPSA) is 35.0 Å². The SMILES string of the molecule is COc1ccc2cnsc2c1-c1cccnc1. The standard InChI is InChI=1S/C13H10N2OS/c1-16-11-5-4-10-8-15-17-13(10)12(11)9-3-2-6-14-7-9/h2-8H,1H3. The van der Waals surface area contributed by atoms with Gasteiger partial charge in [-0.1, -0.05) is 6.07 Å². The van der Waals surface area contributed by atoms with Crippen LogP contribution < -0.4 is 4.74 Å². The van der Waals surface area contributed by atoms with Gasteiger partial charge in [0, 0.05) is 35.1 Å². The van der Waals surface area contributed by atoms with E-state index in [1.165, 1.54) is 11.5 Å². The van der Waals surface area contributed by atoms with E-state index in [4.69, 9.17) is 4.74 Å². The summed E-state index contributed by atoms with van der Waals surface area (Å²) >= 11 is 1.48. The molecule has 0 aliphatic rings. The Kier molecular flexibility index (Phi) is 2.49. The zero-order valence-electron chi connectivity index (χ0n) is 9.25. The van der Waals surface area contributed by atoms with Crippen molar-refractivity contribution < 1.29 is 4.74 Å². The Morgan fingerprint density at radius 3 is 2.88 bits per heavy atom. The highest BCUT2D eigenvalue weighted by atomic mass is 32.1. The summed E-state index contributed by atoms with van der Waals surface area (Å²) in [6, 6.07) is 7.95. The number of fused-ring (bicyclic) bond motifs is 1. The van der Waals surface area contributed by atoms with Crippen molar-refractivity contribution in [1.82, 2.24) is 9.36 Å². The van der Waals surface area contributed by atoms with E-state index in [0.717, 1.165) is 27.0 Å². The molecule has 4 heteroatoms. The van der Waals surface area contributed by atoms with Crippen LogP contribution in [0, 0.1) is 0 Å². The summed E-state index contributed by atoms with van der Waals surface area (Å²) in [5, 5.41) is 1.13. The van der Waals surface area contributed by atoms with Gasteiger partial charge in [0.2, 0.25) is 0 Å². The average molecular weight is 242 g/mol. The first-order chi connectivity index (χ1) is 8.40. The van der Waals surface area contributed by atoms with E-state index < -0.39 is 0 Å². The van der Waals surface area contributed by atoms with Crippen LogP contribution in [0.15, 0.2) is 42.9 Å². The van der Waals surface area contributed by atoms with Gasteiger partial charge in [0.05, 0.1) is 11.8 Å². The lowest BCUT2D eigenvalue weighted by molar-refractivity contribution is 0.417. The molecule has 3 aromatic rings. The van der Waals surface area contributed by atoms with Crippen LogP contribution in [0.5, 0.6) is 5.75 Å². The van der Waals surface area contributed by atoms with Crippen molar-refractivity contribution in [2.24, 2.45) is 0 Å². The zero-order chi connectivity index (χ0) is 11.7. The molecule has 0 fully saturated rings. The predicted octanol–water partition coefficient (Wildman–Crippen LogP) is 3.37. The van der Waals surface area contributed by atoms with Gasteiger partial charge in [0.15, 0.2) is 0 Å². The fraction of sp³-hybridized carbons (Fsp3) is 0.0769. The van der Waals surface area contributed by atoms with E-state index in [2.05, 4.69) is 9.36 Å². The first kappa shape index (κ1) is 10.2. The maximum absolute atomic E-state index is 5.43. The molecule has 1 aromatic carbocycles. The molecule has 2 aromatic heterocycles. The van der Waals surface area contributed by atoms with Crippen LogP contribution in [-0.4, -0.2) is 16.5 Å². The molecule has 0 radical (unpaired) electrons. The van der Waals surface area contributed by atoms with Gasteiger partial charge in [-0.05, 0) is 29.7 Å². The number of rotatable bonds is 2. The van der Waals surface area contributed by atoms with Gasteiger partial charge >= 0.3 is 0 Å². The van der Waals surface area contributed by atoms with Crippen molar-refractivity contribution in [2.45, 2.75) is 0 Å². The van der Waals surface area contributed by atoms with Crippen molar-refractivity contribution >= 4 is 21.6 Å². The summed E-state index contributed by atoms with van der Waals surface area (Å²) in [5.41, 5.74) is 2.12. The van der Waals surface area contributed by atoms with Crippen LogP contribution in [0.3, 0.4) is 0 Å². The van der Waals surface area contributed by atoms with Crippen LogP contribution in [0.25, 0.3) is 21.2 Å². The van der Waals surface area contributed by atoms with Gasteiger partial charge in [0.25, 0.3) is 0 Å². The van der Waals surface area contributed by atoms with Crippen molar-refractivity contribution in [3.05, 3.63) is 42.9 Å². The number of ether oxygens (including phenoxy) is 1. The van der Waals surface area contributed by atoms with Gasteiger partial charge in [-0.15, -0.1) is 0 Å². The van der Waals surface area contributed by atoms with E-state index in [9.17, 15) is 0 Å². The number of pyridine rings is 1. The molecule has 84 valence electrons. The summed E-state index contributed by atoms with van der Waals surface area (Å²) in [7, 11) is 1.68. The summed E-state index contributed by atoms with van der Waals surface area (Å²) in [4.78, 5) is 4.16. The molecular weight excluding hydrogens is 232 g/mol. The van der Waals surface area contributed by atoms with Crippen molar-refractivity contribution in [1.29, 1.82) is 0 Å². The molecule has 0 saturated heterocycles. The van der Waals surface area contributed by atoms with Gasteiger partial charge in [0.1, 0.15) is 5.75 Å². The Morgan fingerprint density at radius 2 is 2.12 bits per heavy atom. The van der Waals surface area contributed by atoms with Crippen molar-refractivity contribution in [2.75, 3.05) is 7.11 Å². The minimum absolute atomic E-state index is 0.856.